The first kappa shape index (κ1) is 21.4. The molecule has 1 aliphatic heterocycles. The summed E-state index contributed by atoms with van der Waals surface area (Å²) in [5.41, 5.74) is 5.21. The lowest BCUT2D eigenvalue weighted by atomic mass is 10.1. The van der Waals surface area contributed by atoms with Crippen LogP contribution in [0.25, 0.3) is 28.3 Å². The highest BCUT2D eigenvalue weighted by Gasteiger charge is 2.22. The van der Waals surface area contributed by atoms with Gasteiger partial charge >= 0.3 is 0 Å². The molecule has 1 saturated heterocycles. The molecule has 2 aromatic carbocycles. The zero-order chi connectivity index (χ0) is 23.6. The van der Waals surface area contributed by atoms with Crippen molar-refractivity contribution in [3.8, 4) is 22.6 Å². The molecule has 1 fully saturated rings. The number of halogens is 1. The number of imidazole rings is 1. The van der Waals surface area contributed by atoms with Crippen molar-refractivity contribution in [1.82, 2.24) is 24.5 Å². The van der Waals surface area contributed by atoms with Crippen LogP contribution in [0.2, 0.25) is 0 Å². The second kappa shape index (κ2) is 9.27. The summed E-state index contributed by atoms with van der Waals surface area (Å²) in [6.07, 6.45) is 1.76. The summed E-state index contributed by atoms with van der Waals surface area (Å²) in [6, 6.07) is 26.8. The Morgan fingerprint density at radius 2 is 1.54 bits per heavy atom. The molecule has 1 aliphatic rings. The molecule has 0 unspecified atom stereocenters. The van der Waals surface area contributed by atoms with Gasteiger partial charge in [0.05, 0.1) is 5.69 Å². The van der Waals surface area contributed by atoms with E-state index in [1.54, 1.807) is 18.3 Å². The van der Waals surface area contributed by atoms with Gasteiger partial charge in [0.1, 0.15) is 23.0 Å². The molecule has 0 saturated carbocycles. The van der Waals surface area contributed by atoms with Gasteiger partial charge in [0, 0.05) is 44.5 Å². The van der Waals surface area contributed by atoms with E-state index in [4.69, 9.17) is 10.1 Å². The number of rotatable bonds is 5. The minimum absolute atomic E-state index is 0.274. The fourth-order valence-electron chi connectivity index (χ4n) is 4.61. The summed E-state index contributed by atoms with van der Waals surface area (Å²) in [4.78, 5) is 14.2. The molecule has 4 heterocycles. The highest BCUT2D eigenvalue weighted by molar-refractivity contribution is 5.80. The van der Waals surface area contributed by atoms with Gasteiger partial charge in [-0.3, -0.25) is 9.88 Å². The van der Waals surface area contributed by atoms with Crippen LogP contribution in [0.15, 0.2) is 91.1 Å². The van der Waals surface area contributed by atoms with Gasteiger partial charge in [-0.05, 0) is 54.1 Å². The minimum atomic E-state index is -0.274. The van der Waals surface area contributed by atoms with E-state index in [0.717, 1.165) is 66.8 Å². The molecule has 0 amide bonds. The number of benzene rings is 2. The summed E-state index contributed by atoms with van der Waals surface area (Å²) in [5, 5.41) is 5.00. The van der Waals surface area contributed by atoms with E-state index in [9.17, 15) is 4.39 Å². The van der Waals surface area contributed by atoms with E-state index in [1.807, 2.05) is 34.8 Å². The highest BCUT2D eigenvalue weighted by Crippen LogP contribution is 2.32. The average Bonchev–Trinajstić information content (AvgIpc) is 3.29. The molecule has 6 rings (SSSR count). The predicted molar refractivity (Wildman–Crippen MR) is 136 cm³/mol. The van der Waals surface area contributed by atoms with Crippen molar-refractivity contribution in [2.45, 2.75) is 6.54 Å². The van der Waals surface area contributed by atoms with Crippen molar-refractivity contribution in [2.24, 2.45) is 0 Å². The Morgan fingerprint density at radius 3 is 2.29 bits per heavy atom. The van der Waals surface area contributed by atoms with Crippen molar-refractivity contribution in [3.63, 3.8) is 0 Å². The normalized spacial score (nSPS) is 14.5. The number of pyridine rings is 1. The summed E-state index contributed by atoms with van der Waals surface area (Å²) in [7, 11) is 0. The Labute approximate surface area is 203 Å². The third-order valence-corrected chi connectivity index (χ3v) is 6.43. The predicted octanol–water partition coefficient (Wildman–Crippen LogP) is 4.92. The van der Waals surface area contributed by atoms with Gasteiger partial charge in [0.15, 0.2) is 5.65 Å². The quantitative estimate of drug-likeness (QED) is 0.370. The van der Waals surface area contributed by atoms with E-state index in [0.29, 0.717) is 0 Å². The lowest BCUT2D eigenvalue weighted by Crippen LogP contribution is -2.46. The fourth-order valence-corrected chi connectivity index (χ4v) is 4.61. The van der Waals surface area contributed by atoms with E-state index >= 15 is 0 Å². The number of hydrogen-bond donors (Lipinski definition) is 0. The monoisotopic (exact) mass is 464 g/mol. The largest absolute Gasteiger partial charge is 0.353 e. The minimum Gasteiger partial charge on any atom is -0.353 e. The highest BCUT2D eigenvalue weighted by atomic mass is 19.1. The van der Waals surface area contributed by atoms with Gasteiger partial charge in [-0.15, -0.1) is 5.10 Å². The van der Waals surface area contributed by atoms with Crippen LogP contribution < -0.4 is 4.90 Å². The third kappa shape index (κ3) is 4.38. The summed E-state index contributed by atoms with van der Waals surface area (Å²) in [5.74, 6) is 0.640. The molecule has 3 aromatic heterocycles. The first-order valence-electron chi connectivity index (χ1n) is 11.8. The molecule has 174 valence electrons. The molecule has 35 heavy (non-hydrogen) atoms. The second-order valence-corrected chi connectivity index (χ2v) is 8.74. The number of hydrogen-bond acceptors (Lipinski definition) is 5. The molecule has 0 radical (unpaired) electrons. The summed E-state index contributed by atoms with van der Waals surface area (Å²) >= 11 is 0. The van der Waals surface area contributed by atoms with Gasteiger partial charge in [-0.1, -0.05) is 36.4 Å². The SMILES string of the molecule is Fc1ccc(-c2nc3ccc(N4CCN(Cc5ccccc5)CC4)nn3c2-c2ccccn2)cc1. The molecule has 0 spiro atoms. The maximum atomic E-state index is 13.6. The van der Waals surface area contributed by atoms with E-state index in [-0.39, 0.29) is 5.82 Å². The fraction of sp³-hybridized carbons (Fsp3) is 0.179. The zero-order valence-electron chi connectivity index (χ0n) is 19.3. The van der Waals surface area contributed by atoms with Crippen LogP contribution in [0.5, 0.6) is 0 Å². The van der Waals surface area contributed by atoms with E-state index < -0.39 is 0 Å². The number of anilines is 1. The van der Waals surface area contributed by atoms with Gasteiger partial charge in [0.25, 0.3) is 0 Å². The maximum Gasteiger partial charge on any atom is 0.155 e. The van der Waals surface area contributed by atoms with Crippen LogP contribution in [0.3, 0.4) is 0 Å². The van der Waals surface area contributed by atoms with Crippen molar-refractivity contribution < 1.29 is 4.39 Å². The molecule has 5 aromatic rings. The van der Waals surface area contributed by atoms with Crippen molar-refractivity contribution in [1.29, 1.82) is 0 Å². The Hall–Kier alpha value is -4.10. The molecule has 0 aliphatic carbocycles. The average molecular weight is 465 g/mol. The van der Waals surface area contributed by atoms with E-state index in [2.05, 4.69) is 45.1 Å². The van der Waals surface area contributed by atoms with Gasteiger partial charge in [0.2, 0.25) is 0 Å². The topological polar surface area (TPSA) is 49.6 Å². The second-order valence-electron chi connectivity index (χ2n) is 8.74. The van der Waals surface area contributed by atoms with Gasteiger partial charge < -0.3 is 4.90 Å². The number of piperazine rings is 1. The Bertz CT molecular complexity index is 1430. The van der Waals surface area contributed by atoms with Crippen molar-refractivity contribution in [3.05, 3.63) is 103 Å². The Morgan fingerprint density at radius 1 is 0.771 bits per heavy atom. The van der Waals surface area contributed by atoms with E-state index in [1.165, 1.54) is 17.7 Å². The van der Waals surface area contributed by atoms with Crippen LogP contribution >= 0.6 is 0 Å². The Balaban J connectivity index is 1.32. The molecule has 7 heteroatoms. The van der Waals surface area contributed by atoms with Crippen LogP contribution in [-0.2, 0) is 6.54 Å². The van der Waals surface area contributed by atoms with Crippen LogP contribution in [-0.4, -0.2) is 50.7 Å². The molecule has 0 bridgehead atoms. The molecule has 6 nitrogen and oxygen atoms in total. The van der Waals surface area contributed by atoms with Crippen LogP contribution in [0.4, 0.5) is 10.2 Å². The smallest absolute Gasteiger partial charge is 0.155 e. The first-order valence-corrected chi connectivity index (χ1v) is 11.8. The summed E-state index contributed by atoms with van der Waals surface area (Å²) in [6.45, 7) is 4.74. The zero-order valence-corrected chi connectivity index (χ0v) is 19.3. The van der Waals surface area contributed by atoms with Crippen LogP contribution in [0, 0.1) is 5.82 Å². The summed E-state index contributed by atoms with van der Waals surface area (Å²) < 4.78 is 15.4. The van der Waals surface area contributed by atoms with Gasteiger partial charge in [-0.25, -0.2) is 13.9 Å². The van der Waals surface area contributed by atoms with Crippen molar-refractivity contribution in [2.75, 3.05) is 31.1 Å². The maximum absolute atomic E-state index is 13.6. The first-order chi connectivity index (χ1) is 17.2. The number of aromatic nitrogens is 4. The lowest BCUT2D eigenvalue weighted by molar-refractivity contribution is 0.249. The molecular weight excluding hydrogens is 439 g/mol. The van der Waals surface area contributed by atoms with Gasteiger partial charge in [-0.2, -0.15) is 0 Å². The third-order valence-electron chi connectivity index (χ3n) is 6.43. The standard InChI is InChI=1S/C28H25FN6/c29-23-11-9-22(10-12-23)27-28(24-8-4-5-15-30-24)35-25(31-27)13-14-26(32-35)34-18-16-33(17-19-34)20-21-6-2-1-3-7-21/h1-15H,16-20H2. The lowest BCUT2D eigenvalue weighted by Gasteiger charge is -2.35. The molecular formula is C28H25FN6. The molecule has 0 atom stereocenters. The number of nitrogens with zero attached hydrogens (tertiary/aromatic N) is 6. The molecule has 0 N–H and O–H groups in total. The van der Waals surface area contributed by atoms with Crippen LogP contribution in [0.1, 0.15) is 5.56 Å². The Kier molecular flexibility index (Phi) is 5.68. The number of fused-ring (bicyclic) bond motifs is 1. The van der Waals surface area contributed by atoms with Crippen molar-refractivity contribution >= 4 is 11.5 Å².